The third-order valence-electron chi connectivity index (χ3n) is 1.62. The number of hydrogen-bond donors (Lipinski definition) is 1. The molecule has 0 aliphatic carbocycles. The van der Waals surface area contributed by atoms with Crippen molar-refractivity contribution in [3.05, 3.63) is 41.7 Å². The lowest BCUT2D eigenvalue weighted by molar-refractivity contribution is -0.103. The summed E-state index contributed by atoms with van der Waals surface area (Å²) in [5.74, 6) is 0. The van der Waals surface area contributed by atoms with Crippen molar-refractivity contribution in [2.24, 2.45) is 0 Å². The molecule has 0 bridgehead atoms. The number of carbonyl (C=O) groups is 1. The van der Waals surface area contributed by atoms with Crippen LogP contribution < -0.4 is 0 Å². The summed E-state index contributed by atoms with van der Waals surface area (Å²) in [7, 11) is 0. The SMILES string of the molecule is Cc1cccc(/C(C=O)=C/O)c1. The molecule has 1 N–H and O–H groups in total. The summed E-state index contributed by atoms with van der Waals surface area (Å²) >= 11 is 0. The Kier molecular flexibility index (Phi) is 2.64. The van der Waals surface area contributed by atoms with Crippen LogP contribution in [-0.4, -0.2) is 11.4 Å². The van der Waals surface area contributed by atoms with Crippen LogP contribution in [0.4, 0.5) is 0 Å². The predicted molar refractivity (Wildman–Crippen MR) is 47.8 cm³/mol. The van der Waals surface area contributed by atoms with E-state index in [2.05, 4.69) is 0 Å². The van der Waals surface area contributed by atoms with Gasteiger partial charge in [0.15, 0.2) is 6.29 Å². The van der Waals surface area contributed by atoms with Crippen LogP contribution in [0.1, 0.15) is 11.1 Å². The van der Waals surface area contributed by atoms with Gasteiger partial charge in [0.2, 0.25) is 0 Å². The minimum Gasteiger partial charge on any atom is -0.515 e. The maximum absolute atomic E-state index is 10.4. The van der Waals surface area contributed by atoms with Crippen molar-refractivity contribution in [1.29, 1.82) is 0 Å². The largest absolute Gasteiger partial charge is 0.515 e. The lowest BCUT2D eigenvalue weighted by Gasteiger charge is -1.98. The van der Waals surface area contributed by atoms with E-state index in [1.54, 1.807) is 6.07 Å². The van der Waals surface area contributed by atoms with Crippen LogP contribution >= 0.6 is 0 Å². The van der Waals surface area contributed by atoms with E-state index in [1.807, 2.05) is 25.1 Å². The molecule has 0 aliphatic rings. The van der Waals surface area contributed by atoms with E-state index in [9.17, 15) is 4.79 Å². The lowest BCUT2D eigenvalue weighted by atomic mass is 10.1. The molecule has 0 saturated heterocycles. The number of aryl methyl sites for hydroxylation is 1. The van der Waals surface area contributed by atoms with Gasteiger partial charge in [0.25, 0.3) is 0 Å². The van der Waals surface area contributed by atoms with E-state index < -0.39 is 0 Å². The minimum absolute atomic E-state index is 0.304. The van der Waals surface area contributed by atoms with Crippen LogP contribution in [0.25, 0.3) is 5.57 Å². The van der Waals surface area contributed by atoms with Gasteiger partial charge >= 0.3 is 0 Å². The van der Waals surface area contributed by atoms with E-state index in [0.717, 1.165) is 17.4 Å². The summed E-state index contributed by atoms with van der Waals surface area (Å²) in [6.45, 7) is 1.93. The average Bonchev–Trinajstić information content (AvgIpc) is 2.07. The number of hydrogen-bond acceptors (Lipinski definition) is 2. The molecular weight excluding hydrogens is 152 g/mol. The number of allylic oxidation sites excluding steroid dienone is 1. The van der Waals surface area contributed by atoms with Crippen molar-refractivity contribution >= 4 is 11.9 Å². The van der Waals surface area contributed by atoms with E-state index in [1.165, 1.54) is 0 Å². The molecule has 0 fully saturated rings. The van der Waals surface area contributed by atoms with Crippen LogP contribution in [0.15, 0.2) is 30.5 Å². The molecular formula is C10H10O2. The maximum atomic E-state index is 10.4. The number of aldehydes is 1. The third kappa shape index (κ3) is 1.72. The molecule has 0 radical (unpaired) electrons. The zero-order valence-corrected chi connectivity index (χ0v) is 6.82. The summed E-state index contributed by atoms with van der Waals surface area (Å²) < 4.78 is 0. The van der Waals surface area contributed by atoms with Gasteiger partial charge in [-0.1, -0.05) is 29.8 Å². The second-order valence-electron chi connectivity index (χ2n) is 2.57. The highest BCUT2D eigenvalue weighted by Crippen LogP contribution is 2.12. The molecule has 0 atom stereocenters. The smallest absolute Gasteiger partial charge is 0.153 e. The first kappa shape index (κ1) is 8.53. The first-order chi connectivity index (χ1) is 5.77. The molecule has 12 heavy (non-hydrogen) atoms. The van der Waals surface area contributed by atoms with Crippen LogP contribution in [0, 0.1) is 6.92 Å². The molecule has 0 amide bonds. The van der Waals surface area contributed by atoms with Crippen molar-refractivity contribution < 1.29 is 9.90 Å². The van der Waals surface area contributed by atoms with Gasteiger partial charge in [-0.15, -0.1) is 0 Å². The summed E-state index contributed by atoms with van der Waals surface area (Å²) in [4.78, 5) is 10.4. The van der Waals surface area contributed by atoms with Gasteiger partial charge in [-0.2, -0.15) is 0 Å². The van der Waals surface area contributed by atoms with E-state index >= 15 is 0 Å². The highest BCUT2D eigenvalue weighted by Gasteiger charge is 1.98. The fourth-order valence-electron chi connectivity index (χ4n) is 0.998. The standard InChI is InChI=1S/C10H10O2/c1-8-3-2-4-9(5-8)10(6-11)7-12/h2-7,11H,1H3/b10-6+. The first-order valence-corrected chi connectivity index (χ1v) is 3.64. The van der Waals surface area contributed by atoms with Crippen molar-refractivity contribution in [1.82, 2.24) is 0 Å². The van der Waals surface area contributed by atoms with Crippen molar-refractivity contribution in [3.8, 4) is 0 Å². The summed E-state index contributed by atoms with van der Waals surface area (Å²) in [5, 5.41) is 8.68. The Bertz CT molecular complexity index is 313. The second-order valence-corrected chi connectivity index (χ2v) is 2.57. The first-order valence-electron chi connectivity index (χ1n) is 3.64. The van der Waals surface area contributed by atoms with Gasteiger partial charge < -0.3 is 5.11 Å². The van der Waals surface area contributed by atoms with Gasteiger partial charge in [-0.3, -0.25) is 4.79 Å². The molecule has 0 unspecified atom stereocenters. The Labute approximate surface area is 71.2 Å². The molecule has 0 aromatic heterocycles. The average molecular weight is 162 g/mol. The number of aliphatic hydroxyl groups excluding tert-OH is 1. The predicted octanol–water partition coefficient (Wildman–Crippen LogP) is 2.09. The quantitative estimate of drug-likeness (QED) is 0.410. The van der Waals surface area contributed by atoms with E-state index in [4.69, 9.17) is 5.11 Å². The Morgan fingerprint density at radius 1 is 1.50 bits per heavy atom. The molecule has 2 nitrogen and oxygen atoms in total. The van der Waals surface area contributed by atoms with Crippen molar-refractivity contribution in [3.63, 3.8) is 0 Å². The number of benzene rings is 1. The summed E-state index contributed by atoms with van der Waals surface area (Å²) in [6.07, 6.45) is 1.45. The molecule has 0 saturated carbocycles. The number of aliphatic hydroxyl groups is 1. The molecule has 0 spiro atoms. The Morgan fingerprint density at radius 2 is 2.25 bits per heavy atom. The molecule has 1 aromatic rings. The molecule has 1 rings (SSSR count). The zero-order valence-electron chi connectivity index (χ0n) is 6.82. The summed E-state index contributed by atoms with van der Waals surface area (Å²) in [5.41, 5.74) is 2.11. The Hall–Kier alpha value is -1.57. The molecule has 62 valence electrons. The zero-order chi connectivity index (χ0) is 8.97. The van der Waals surface area contributed by atoms with E-state index in [-0.39, 0.29) is 0 Å². The Morgan fingerprint density at radius 3 is 2.75 bits per heavy atom. The van der Waals surface area contributed by atoms with Crippen LogP contribution in [-0.2, 0) is 4.79 Å². The normalized spacial score (nSPS) is 11.2. The lowest BCUT2D eigenvalue weighted by Crippen LogP contribution is -1.86. The fourth-order valence-corrected chi connectivity index (χ4v) is 0.998. The van der Waals surface area contributed by atoms with Gasteiger partial charge in [-0.25, -0.2) is 0 Å². The highest BCUT2D eigenvalue weighted by molar-refractivity contribution is 6.06. The molecule has 1 aromatic carbocycles. The minimum atomic E-state index is 0.304. The van der Waals surface area contributed by atoms with Crippen molar-refractivity contribution in [2.45, 2.75) is 6.92 Å². The molecule has 0 aliphatic heterocycles. The van der Waals surface area contributed by atoms with Crippen molar-refractivity contribution in [2.75, 3.05) is 0 Å². The maximum Gasteiger partial charge on any atom is 0.153 e. The van der Waals surface area contributed by atoms with Crippen LogP contribution in [0.2, 0.25) is 0 Å². The number of carbonyl (C=O) groups excluding carboxylic acids is 1. The van der Waals surface area contributed by atoms with Crippen LogP contribution in [0.5, 0.6) is 0 Å². The summed E-state index contributed by atoms with van der Waals surface area (Å²) in [6, 6.07) is 7.40. The molecule has 2 heteroatoms. The van der Waals surface area contributed by atoms with Crippen LogP contribution in [0.3, 0.4) is 0 Å². The van der Waals surface area contributed by atoms with Gasteiger partial charge in [-0.05, 0) is 12.5 Å². The topological polar surface area (TPSA) is 37.3 Å². The molecule has 0 heterocycles. The van der Waals surface area contributed by atoms with Gasteiger partial charge in [0, 0.05) is 0 Å². The monoisotopic (exact) mass is 162 g/mol. The van der Waals surface area contributed by atoms with Gasteiger partial charge in [0.1, 0.15) is 0 Å². The highest BCUT2D eigenvalue weighted by atomic mass is 16.2. The van der Waals surface area contributed by atoms with Gasteiger partial charge in [0.05, 0.1) is 11.8 Å². The van der Waals surface area contributed by atoms with E-state index in [0.29, 0.717) is 11.9 Å². The third-order valence-corrected chi connectivity index (χ3v) is 1.62. The fraction of sp³-hybridized carbons (Fsp3) is 0.100. The second kappa shape index (κ2) is 3.72. The Balaban J connectivity index is 3.10. The number of rotatable bonds is 2.